The Bertz CT molecular complexity index is 900. The first-order valence-corrected chi connectivity index (χ1v) is 9.18. The average Bonchev–Trinajstić information content (AvgIpc) is 3.18. The number of amides is 1. The molecule has 3 aromatic heterocycles. The molecule has 7 nitrogen and oxygen atoms in total. The second kappa shape index (κ2) is 7.18. The van der Waals surface area contributed by atoms with Crippen molar-refractivity contribution in [2.45, 2.75) is 46.1 Å². The molecule has 0 saturated heterocycles. The zero-order chi connectivity index (χ0) is 18.0. The summed E-state index contributed by atoms with van der Waals surface area (Å²) in [5.74, 6) is -0.0326. The molecule has 0 radical (unpaired) electrons. The van der Waals surface area contributed by atoms with Crippen LogP contribution in [0.3, 0.4) is 0 Å². The van der Waals surface area contributed by atoms with Crippen LogP contribution < -0.4 is 15.7 Å². The van der Waals surface area contributed by atoms with Crippen LogP contribution >= 0.6 is 11.3 Å². The normalized spacial score (nSPS) is 11.4. The highest BCUT2D eigenvalue weighted by molar-refractivity contribution is 7.21. The second-order valence-electron chi connectivity index (χ2n) is 6.20. The smallest absolute Gasteiger partial charge is 0.302 e. The third-order valence-corrected chi connectivity index (χ3v) is 5.01. The van der Waals surface area contributed by atoms with Gasteiger partial charge in [0.2, 0.25) is 5.27 Å². The fourth-order valence-electron chi connectivity index (χ4n) is 2.43. The number of thiophene rings is 1. The number of nitrogens with one attached hydrogen (secondary N) is 1. The number of aryl methyl sites for hydroxylation is 1. The highest BCUT2D eigenvalue weighted by atomic mass is 32.1. The van der Waals surface area contributed by atoms with Crippen LogP contribution in [0.25, 0.3) is 10.2 Å². The SMILES string of the molecule is CCCCc1ccc2c(N)c(C(=O)Nc3c[n+](C(C)C)no3)sc2n1. The van der Waals surface area contributed by atoms with Gasteiger partial charge in [-0.2, -0.15) is 0 Å². The van der Waals surface area contributed by atoms with E-state index in [-0.39, 0.29) is 17.8 Å². The van der Waals surface area contributed by atoms with E-state index in [9.17, 15) is 4.79 Å². The first-order chi connectivity index (χ1) is 12.0. The maximum Gasteiger partial charge on any atom is 0.302 e. The van der Waals surface area contributed by atoms with Crippen LogP contribution in [0.4, 0.5) is 11.6 Å². The van der Waals surface area contributed by atoms with Gasteiger partial charge in [-0.25, -0.2) is 4.98 Å². The van der Waals surface area contributed by atoms with E-state index in [4.69, 9.17) is 10.3 Å². The molecule has 0 fully saturated rings. The lowest BCUT2D eigenvalue weighted by Gasteiger charge is -1.99. The quantitative estimate of drug-likeness (QED) is 0.657. The van der Waals surface area contributed by atoms with Gasteiger partial charge in [0.05, 0.1) is 5.69 Å². The Labute approximate surface area is 149 Å². The van der Waals surface area contributed by atoms with Gasteiger partial charge < -0.3 is 5.73 Å². The number of carbonyl (C=O) groups excluding carboxylic acids is 1. The summed E-state index contributed by atoms with van der Waals surface area (Å²) in [6.45, 7) is 6.09. The molecule has 3 heterocycles. The van der Waals surface area contributed by atoms with Gasteiger partial charge in [0.15, 0.2) is 6.04 Å². The lowest BCUT2D eigenvalue weighted by Crippen LogP contribution is -2.36. The minimum Gasteiger partial charge on any atom is -0.397 e. The molecule has 0 aliphatic rings. The molecule has 0 unspecified atom stereocenters. The van der Waals surface area contributed by atoms with Crippen molar-refractivity contribution >= 4 is 39.0 Å². The molecule has 0 spiro atoms. The highest BCUT2D eigenvalue weighted by Crippen LogP contribution is 2.33. The number of anilines is 2. The first-order valence-electron chi connectivity index (χ1n) is 8.37. The fourth-order valence-corrected chi connectivity index (χ4v) is 3.43. The molecule has 3 rings (SSSR count). The van der Waals surface area contributed by atoms with Crippen LogP contribution in [0.2, 0.25) is 0 Å². The Morgan fingerprint density at radius 2 is 2.24 bits per heavy atom. The van der Waals surface area contributed by atoms with Crippen molar-refractivity contribution in [2.75, 3.05) is 11.1 Å². The van der Waals surface area contributed by atoms with E-state index in [0.717, 1.165) is 35.2 Å². The zero-order valence-corrected chi connectivity index (χ0v) is 15.4. The van der Waals surface area contributed by atoms with Gasteiger partial charge in [0, 0.05) is 11.1 Å². The molecule has 0 atom stereocenters. The molecular weight excluding hydrogens is 338 g/mol. The van der Waals surface area contributed by atoms with E-state index in [1.165, 1.54) is 11.3 Å². The maximum atomic E-state index is 12.5. The molecule has 8 heteroatoms. The van der Waals surface area contributed by atoms with Gasteiger partial charge in [-0.15, -0.1) is 11.3 Å². The van der Waals surface area contributed by atoms with Crippen molar-refractivity contribution in [3.05, 3.63) is 28.9 Å². The van der Waals surface area contributed by atoms with E-state index in [2.05, 4.69) is 22.5 Å². The van der Waals surface area contributed by atoms with Crippen LogP contribution in [0.15, 0.2) is 22.9 Å². The van der Waals surface area contributed by atoms with Gasteiger partial charge >= 0.3 is 5.88 Å². The molecule has 1 amide bonds. The largest absolute Gasteiger partial charge is 0.397 e. The van der Waals surface area contributed by atoms with E-state index in [0.29, 0.717) is 10.6 Å². The van der Waals surface area contributed by atoms with Crippen LogP contribution in [-0.4, -0.2) is 16.2 Å². The van der Waals surface area contributed by atoms with Crippen molar-refractivity contribution in [3.63, 3.8) is 0 Å². The Kier molecular flexibility index (Phi) is 4.98. The molecule has 0 aliphatic heterocycles. The number of hydrogen-bond acceptors (Lipinski definition) is 6. The molecule has 0 aromatic carbocycles. The van der Waals surface area contributed by atoms with Gasteiger partial charge in [-0.1, -0.05) is 13.3 Å². The standard InChI is InChI=1S/C17H21N5O2S/c1-4-5-6-11-7-8-12-14(18)15(25-17(12)19-11)16(23)20-13-9-22(10(2)3)21-24-13/h7-10H,4-6H2,1-3H3,(H2-,18,20,21,23)/p+1. The molecule has 3 aromatic rings. The Morgan fingerprint density at radius 3 is 2.92 bits per heavy atom. The van der Waals surface area contributed by atoms with Crippen LogP contribution in [-0.2, 0) is 6.42 Å². The monoisotopic (exact) mass is 360 g/mol. The summed E-state index contributed by atoms with van der Waals surface area (Å²) >= 11 is 1.29. The van der Waals surface area contributed by atoms with Crippen molar-refractivity contribution in [3.8, 4) is 0 Å². The Morgan fingerprint density at radius 1 is 1.44 bits per heavy atom. The summed E-state index contributed by atoms with van der Waals surface area (Å²) in [5, 5.41) is 7.36. The predicted octanol–water partition coefficient (Wildman–Crippen LogP) is 3.33. The number of pyridine rings is 1. The number of nitrogen functional groups attached to an aromatic ring is 1. The summed E-state index contributed by atoms with van der Waals surface area (Å²) in [5.41, 5.74) is 7.63. The van der Waals surface area contributed by atoms with Gasteiger partial charge in [0.1, 0.15) is 9.71 Å². The summed E-state index contributed by atoms with van der Waals surface area (Å²) < 4.78 is 6.76. The number of nitrogens with zero attached hydrogens (tertiary/aromatic N) is 3. The predicted molar refractivity (Wildman–Crippen MR) is 97.7 cm³/mol. The summed E-state index contributed by atoms with van der Waals surface area (Å²) in [7, 11) is 0. The number of rotatable bonds is 6. The summed E-state index contributed by atoms with van der Waals surface area (Å²) in [6, 6.07) is 4.07. The third kappa shape index (κ3) is 3.63. The Hall–Kier alpha value is -2.48. The number of hydrogen-bond donors (Lipinski definition) is 2. The molecule has 25 heavy (non-hydrogen) atoms. The van der Waals surface area contributed by atoms with Gasteiger partial charge in [-0.05, 0) is 43.5 Å². The molecule has 0 saturated carbocycles. The zero-order valence-electron chi connectivity index (χ0n) is 14.6. The van der Waals surface area contributed by atoms with Crippen molar-refractivity contribution in [1.29, 1.82) is 0 Å². The molecule has 3 N–H and O–H groups in total. The number of nitrogens with two attached hydrogens (primary N) is 1. The van der Waals surface area contributed by atoms with Crippen LogP contribution in [0, 0.1) is 0 Å². The number of carbonyl (C=O) groups is 1. The average molecular weight is 360 g/mol. The number of unbranched alkanes of at least 4 members (excludes halogenated alkanes) is 1. The molecule has 132 valence electrons. The second-order valence-corrected chi connectivity index (χ2v) is 7.20. The lowest BCUT2D eigenvalue weighted by atomic mass is 10.1. The van der Waals surface area contributed by atoms with Gasteiger partial charge in [0.25, 0.3) is 12.1 Å². The van der Waals surface area contributed by atoms with E-state index < -0.39 is 0 Å². The van der Waals surface area contributed by atoms with Crippen molar-refractivity contribution in [1.82, 2.24) is 10.3 Å². The lowest BCUT2D eigenvalue weighted by molar-refractivity contribution is -0.779. The van der Waals surface area contributed by atoms with Crippen LogP contribution in [0.5, 0.6) is 0 Å². The number of fused-ring (bicyclic) bond motifs is 1. The minimum absolute atomic E-state index is 0.148. The third-order valence-electron chi connectivity index (χ3n) is 3.89. The topological polar surface area (TPSA) is 97.9 Å². The summed E-state index contributed by atoms with van der Waals surface area (Å²) in [4.78, 5) is 18.4. The first kappa shape index (κ1) is 17.3. The van der Waals surface area contributed by atoms with E-state index >= 15 is 0 Å². The molecule has 0 aliphatic carbocycles. The number of aromatic nitrogens is 3. The maximum absolute atomic E-state index is 12.5. The minimum atomic E-state index is -0.317. The highest BCUT2D eigenvalue weighted by Gasteiger charge is 2.21. The van der Waals surface area contributed by atoms with Gasteiger partial charge in [-0.3, -0.25) is 14.6 Å². The Balaban J connectivity index is 1.83. The van der Waals surface area contributed by atoms with E-state index in [1.54, 1.807) is 10.9 Å². The summed E-state index contributed by atoms with van der Waals surface area (Å²) in [6.07, 6.45) is 4.79. The fraction of sp³-hybridized carbons (Fsp3) is 0.412. The molecule has 0 bridgehead atoms. The van der Waals surface area contributed by atoms with Crippen molar-refractivity contribution in [2.24, 2.45) is 0 Å². The van der Waals surface area contributed by atoms with Crippen molar-refractivity contribution < 1.29 is 14.0 Å². The molecular formula is C17H22N5O2S+. The van der Waals surface area contributed by atoms with E-state index in [1.807, 2.05) is 26.0 Å². The van der Waals surface area contributed by atoms with Crippen LogP contribution in [0.1, 0.15) is 55.0 Å².